The molecule has 0 spiro atoms. The highest BCUT2D eigenvalue weighted by atomic mass is 16.6. The lowest BCUT2D eigenvalue weighted by molar-refractivity contribution is -0.167. The van der Waals surface area contributed by atoms with Crippen LogP contribution in [0.25, 0.3) is 0 Å². The van der Waals surface area contributed by atoms with E-state index in [0.29, 0.717) is 19.3 Å². The quantitative estimate of drug-likeness (QED) is 0.0262. The van der Waals surface area contributed by atoms with Crippen LogP contribution in [0.15, 0.2) is 36.5 Å². The zero-order chi connectivity index (χ0) is 48.6. The van der Waals surface area contributed by atoms with Crippen molar-refractivity contribution in [1.82, 2.24) is 0 Å². The van der Waals surface area contributed by atoms with Crippen LogP contribution in [0.4, 0.5) is 0 Å². The minimum atomic E-state index is -0.777. The second-order valence-corrected chi connectivity index (χ2v) is 19.9. The third-order valence-corrected chi connectivity index (χ3v) is 13.1. The molecule has 0 N–H and O–H groups in total. The molecule has 0 aliphatic rings. The summed E-state index contributed by atoms with van der Waals surface area (Å²) in [5.74, 6) is -0.874. The number of rotatable bonds is 54. The van der Waals surface area contributed by atoms with E-state index < -0.39 is 6.10 Å². The smallest absolute Gasteiger partial charge is 0.306 e. The first-order valence-electron chi connectivity index (χ1n) is 29.5. The molecule has 6 nitrogen and oxygen atoms in total. The fraction of sp³-hybridized carbons (Fsp3) is 0.852. The molecule has 6 heteroatoms. The van der Waals surface area contributed by atoms with Crippen molar-refractivity contribution >= 4 is 17.9 Å². The molecule has 0 aliphatic heterocycles. The fourth-order valence-electron chi connectivity index (χ4n) is 8.65. The second kappa shape index (κ2) is 56.2. The SMILES string of the molecule is CCCCC/C=C\C/C=C\CCCCCCCC(=O)OC(COC(=O)CCCCCCCCCCC/C=C\CCCCCCCCCC)COC(=O)CCCCCCCCCCCCCCC. The minimum Gasteiger partial charge on any atom is -0.462 e. The van der Waals surface area contributed by atoms with Gasteiger partial charge in [0.2, 0.25) is 0 Å². The molecule has 0 aromatic rings. The molecule has 0 amide bonds. The first kappa shape index (κ1) is 64.6. The number of carbonyl (C=O) groups is 3. The Morgan fingerprint density at radius 2 is 0.537 bits per heavy atom. The molecule has 0 aliphatic carbocycles. The summed E-state index contributed by atoms with van der Waals surface area (Å²) < 4.78 is 16.9. The minimum absolute atomic E-state index is 0.0749. The molecule has 0 radical (unpaired) electrons. The Morgan fingerprint density at radius 3 is 0.866 bits per heavy atom. The molecule has 67 heavy (non-hydrogen) atoms. The maximum atomic E-state index is 12.8. The average Bonchev–Trinajstić information content (AvgIpc) is 3.33. The van der Waals surface area contributed by atoms with E-state index in [2.05, 4.69) is 57.2 Å². The first-order valence-corrected chi connectivity index (χ1v) is 29.5. The topological polar surface area (TPSA) is 78.9 Å². The summed E-state index contributed by atoms with van der Waals surface area (Å²) in [6, 6.07) is 0. The number of ether oxygens (including phenoxy) is 3. The summed E-state index contributed by atoms with van der Waals surface area (Å²) in [6.07, 6.45) is 67.1. The predicted octanol–water partition coefficient (Wildman–Crippen LogP) is 19.7. The van der Waals surface area contributed by atoms with Gasteiger partial charge in [-0.25, -0.2) is 0 Å². The number of hydrogen-bond donors (Lipinski definition) is 0. The third kappa shape index (κ3) is 54.4. The van der Waals surface area contributed by atoms with Crippen molar-refractivity contribution in [2.24, 2.45) is 0 Å². The van der Waals surface area contributed by atoms with E-state index >= 15 is 0 Å². The van der Waals surface area contributed by atoms with E-state index in [4.69, 9.17) is 14.2 Å². The van der Waals surface area contributed by atoms with E-state index in [9.17, 15) is 14.4 Å². The van der Waals surface area contributed by atoms with Crippen LogP contribution in [0.5, 0.6) is 0 Å². The lowest BCUT2D eigenvalue weighted by atomic mass is 10.0. The van der Waals surface area contributed by atoms with Crippen LogP contribution in [0, 0.1) is 0 Å². The van der Waals surface area contributed by atoms with Crippen LogP contribution in [-0.2, 0) is 28.6 Å². The van der Waals surface area contributed by atoms with Crippen LogP contribution in [0.2, 0.25) is 0 Å². The summed E-state index contributed by atoms with van der Waals surface area (Å²) in [7, 11) is 0. The Bertz CT molecular complexity index is 1130. The lowest BCUT2D eigenvalue weighted by Gasteiger charge is -2.18. The van der Waals surface area contributed by atoms with Gasteiger partial charge in [0.25, 0.3) is 0 Å². The summed E-state index contributed by atoms with van der Waals surface area (Å²) in [4.78, 5) is 38.1. The van der Waals surface area contributed by atoms with Gasteiger partial charge in [-0.1, -0.05) is 256 Å². The predicted molar refractivity (Wildman–Crippen MR) is 289 cm³/mol. The molecule has 1 unspecified atom stereocenters. The van der Waals surface area contributed by atoms with Gasteiger partial charge in [0, 0.05) is 19.3 Å². The van der Waals surface area contributed by atoms with Crippen molar-refractivity contribution in [3.8, 4) is 0 Å². The highest BCUT2D eigenvalue weighted by Gasteiger charge is 2.19. The zero-order valence-electron chi connectivity index (χ0n) is 44.9. The summed E-state index contributed by atoms with van der Waals surface area (Å²) in [5, 5.41) is 0. The van der Waals surface area contributed by atoms with Crippen molar-refractivity contribution < 1.29 is 28.6 Å². The molecule has 0 saturated carbocycles. The van der Waals surface area contributed by atoms with Gasteiger partial charge in [0.1, 0.15) is 13.2 Å². The maximum absolute atomic E-state index is 12.8. The summed E-state index contributed by atoms with van der Waals surface area (Å²) in [6.45, 7) is 6.64. The molecule has 0 aromatic heterocycles. The van der Waals surface area contributed by atoms with E-state index in [0.717, 1.165) is 83.5 Å². The molecule has 392 valence electrons. The second-order valence-electron chi connectivity index (χ2n) is 19.9. The Morgan fingerprint density at radius 1 is 0.299 bits per heavy atom. The van der Waals surface area contributed by atoms with Crippen LogP contribution < -0.4 is 0 Å². The molecule has 0 bridgehead atoms. The van der Waals surface area contributed by atoms with Gasteiger partial charge < -0.3 is 14.2 Å². The third-order valence-electron chi connectivity index (χ3n) is 13.1. The molecule has 0 heterocycles. The Kier molecular flexibility index (Phi) is 54.2. The van der Waals surface area contributed by atoms with Gasteiger partial charge in [-0.3, -0.25) is 14.4 Å². The molecule has 1 atom stereocenters. The van der Waals surface area contributed by atoms with Gasteiger partial charge in [0.15, 0.2) is 6.10 Å². The fourth-order valence-corrected chi connectivity index (χ4v) is 8.65. The molecular weight excluding hydrogens is 829 g/mol. The summed E-state index contributed by atoms with van der Waals surface area (Å²) >= 11 is 0. The van der Waals surface area contributed by atoms with Crippen LogP contribution in [0.3, 0.4) is 0 Å². The molecule has 0 fully saturated rings. The van der Waals surface area contributed by atoms with E-state index in [1.165, 1.54) is 193 Å². The highest BCUT2D eigenvalue weighted by molar-refractivity contribution is 5.71. The number of carbonyl (C=O) groups excluding carboxylic acids is 3. The van der Waals surface area contributed by atoms with Gasteiger partial charge in [-0.05, 0) is 77.0 Å². The van der Waals surface area contributed by atoms with Gasteiger partial charge in [0.05, 0.1) is 0 Å². The molecule has 0 saturated heterocycles. The molecule has 0 aromatic carbocycles. The maximum Gasteiger partial charge on any atom is 0.306 e. The zero-order valence-corrected chi connectivity index (χ0v) is 44.9. The average molecular weight is 942 g/mol. The monoisotopic (exact) mass is 941 g/mol. The Balaban J connectivity index is 4.31. The number of unbranched alkanes of at least 4 members (excludes halogenated alkanes) is 37. The number of hydrogen-bond acceptors (Lipinski definition) is 6. The van der Waals surface area contributed by atoms with Gasteiger partial charge >= 0.3 is 17.9 Å². The Labute approximate surface area is 416 Å². The van der Waals surface area contributed by atoms with Gasteiger partial charge in [-0.15, -0.1) is 0 Å². The van der Waals surface area contributed by atoms with E-state index in [1.54, 1.807) is 0 Å². The highest BCUT2D eigenvalue weighted by Crippen LogP contribution is 2.16. The normalized spacial score (nSPS) is 12.2. The first-order chi connectivity index (χ1) is 33.0. The van der Waals surface area contributed by atoms with Crippen molar-refractivity contribution in [2.75, 3.05) is 13.2 Å². The van der Waals surface area contributed by atoms with E-state index in [1.807, 2.05) is 0 Å². The Hall–Kier alpha value is -2.37. The van der Waals surface area contributed by atoms with Gasteiger partial charge in [-0.2, -0.15) is 0 Å². The van der Waals surface area contributed by atoms with Crippen molar-refractivity contribution in [1.29, 1.82) is 0 Å². The van der Waals surface area contributed by atoms with Crippen LogP contribution >= 0.6 is 0 Å². The van der Waals surface area contributed by atoms with Crippen molar-refractivity contribution in [2.45, 2.75) is 322 Å². The van der Waals surface area contributed by atoms with Crippen LogP contribution in [0.1, 0.15) is 316 Å². The molecule has 0 rings (SSSR count). The number of allylic oxidation sites excluding steroid dienone is 6. The largest absolute Gasteiger partial charge is 0.462 e. The van der Waals surface area contributed by atoms with E-state index in [-0.39, 0.29) is 31.1 Å². The van der Waals surface area contributed by atoms with Crippen molar-refractivity contribution in [3.05, 3.63) is 36.5 Å². The number of esters is 3. The van der Waals surface area contributed by atoms with Crippen molar-refractivity contribution in [3.63, 3.8) is 0 Å². The lowest BCUT2D eigenvalue weighted by Crippen LogP contribution is -2.30. The molecular formula is C61H112O6. The summed E-state index contributed by atoms with van der Waals surface area (Å²) in [5.41, 5.74) is 0. The van der Waals surface area contributed by atoms with Crippen LogP contribution in [-0.4, -0.2) is 37.2 Å². The standard InChI is InChI=1S/C61H112O6/c1-4-7-10-13-16-19-22-25-27-28-29-30-31-32-34-36-39-42-45-48-51-54-60(63)66-57-58(56-65-59(62)53-50-47-44-41-38-35-24-21-18-15-12-9-6-3)67-61(64)55-52-49-46-43-40-37-33-26-23-20-17-14-11-8-5-2/h17,20,26,28-29,33,58H,4-16,18-19,21-25,27,30-32,34-57H2,1-3H3/b20-17-,29-28-,33-26-.